The Kier molecular flexibility index (Phi) is 3.26. The van der Waals surface area contributed by atoms with Crippen molar-refractivity contribution >= 4 is 11.3 Å². The quantitative estimate of drug-likeness (QED) is 0.892. The van der Waals surface area contributed by atoms with Crippen molar-refractivity contribution in [3.8, 4) is 0 Å². The summed E-state index contributed by atoms with van der Waals surface area (Å²) in [7, 11) is 1.73. The Morgan fingerprint density at radius 3 is 2.75 bits per heavy atom. The number of halogens is 2. The Bertz CT molecular complexity index is 471. The number of aromatic nitrogens is 1. The zero-order valence-electron chi connectivity index (χ0n) is 8.58. The second-order valence-corrected chi connectivity index (χ2v) is 4.21. The van der Waals surface area contributed by atoms with Gasteiger partial charge in [0.1, 0.15) is 11.6 Å². The standard InChI is InChI=1S/C11H10F2N2S/c1-14-11(10-5-15-6-16-10)8-3-2-7(12)4-9(8)13/h2-6,11,14H,1H3. The van der Waals surface area contributed by atoms with Gasteiger partial charge in [0.2, 0.25) is 0 Å². The van der Waals surface area contributed by atoms with E-state index < -0.39 is 11.6 Å². The van der Waals surface area contributed by atoms with Crippen molar-refractivity contribution in [3.63, 3.8) is 0 Å². The van der Waals surface area contributed by atoms with Crippen molar-refractivity contribution in [2.24, 2.45) is 0 Å². The number of benzene rings is 1. The van der Waals surface area contributed by atoms with Gasteiger partial charge in [-0.2, -0.15) is 0 Å². The molecule has 2 aromatic rings. The highest BCUT2D eigenvalue weighted by Crippen LogP contribution is 2.26. The Labute approximate surface area is 96.0 Å². The highest BCUT2D eigenvalue weighted by atomic mass is 32.1. The van der Waals surface area contributed by atoms with Crippen molar-refractivity contribution in [3.05, 3.63) is 52.0 Å². The summed E-state index contributed by atoms with van der Waals surface area (Å²) < 4.78 is 26.4. The summed E-state index contributed by atoms with van der Waals surface area (Å²) in [6.07, 6.45) is 1.68. The number of rotatable bonds is 3. The van der Waals surface area contributed by atoms with Crippen LogP contribution in [0, 0.1) is 11.6 Å². The Balaban J connectivity index is 2.41. The molecular formula is C11H10F2N2S. The number of nitrogens with zero attached hydrogens (tertiary/aromatic N) is 1. The van der Waals surface area contributed by atoms with Gasteiger partial charge in [-0.3, -0.25) is 4.98 Å². The fraction of sp³-hybridized carbons (Fsp3) is 0.182. The summed E-state index contributed by atoms with van der Waals surface area (Å²) in [6, 6.07) is 3.31. The molecule has 0 spiro atoms. The van der Waals surface area contributed by atoms with Crippen LogP contribution in [0.4, 0.5) is 8.78 Å². The predicted molar refractivity (Wildman–Crippen MR) is 59.4 cm³/mol. The lowest BCUT2D eigenvalue weighted by Crippen LogP contribution is -2.18. The van der Waals surface area contributed by atoms with Gasteiger partial charge in [0.15, 0.2) is 0 Å². The van der Waals surface area contributed by atoms with Crippen LogP contribution in [0.25, 0.3) is 0 Å². The maximum absolute atomic E-state index is 13.6. The minimum absolute atomic E-state index is 0.284. The van der Waals surface area contributed by atoms with Crippen molar-refractivity contribution in [2.45, 2.75) is 6.04 Å². The molecule has 0 bridgehead atoms. The molecule has 0 saturated heterocycles. The molecule has 0 fully saturated rings. The van der Waals surface area contributed by atoms with E-state index >= 15 is 0 Å². The Morgan fingerprint density at radius 1 is 1.38 bits per heavy atom. The van der Waals surface area contributed by atoms with Gasteiger partial charge in [0, 0.05) is 22.7 Å². The van der Waals surface area contributed by atoms with Gasteiger partial charge in [0.05, 0.1) is 11.6 Å². The second kappa shape index (κ2) is 4.67. The second-order valence-electron chi connectivity index (χ2n) is 3.29. The maximum atomic E-state index is 13.6. The molecule has 84 valence electrons. The van der Waals surface area contributed by atoms with Crippen LogP contribution in [0.5, 0.6) is 0 Å². The monoisotopic (exact) mass is 240 g/mol. The van der Waals surface area contributed by atoms with E-state index in [2.05, 4.69) is 10.3 Å². The van der Waals surface area contributed by atoms with Crippen LogP contribution in [0.3, 0.4) is 0 Å². The van der Waals surface area contributed by atoms with Crippen LogP contribution in [0.15, 0.2) is 29.9 Å². The minimum atomic E-state index is -0.569. The highest BCUT2D eigenvalue weighted by Gasteiger charge is 2.17. The van der Waals surface area contributed by atoms with Gasteiger partial charge in [-0.05, 0) is 13.1 Å². The molecule has 1 N–H and O–H groups in total. The molecule has 2 rings (SSSR count). The average molecular weight is 240 g/mol. The molecule has 1 aromatic carbocycles. The fourth-order valence-corrected chi connectivity index (χ4v) is 2.30. The normalized spacial score (nSPS) is 12.7. The van der Waals surface area contributed by atoms with Crippen LogP contribution >= 0.6 is 11.3 Å². The van der Waals surface area contributed by atoms with Crippen molar-refractivity contribution in [1.82, 2.24) is 10.3 Å². The molecule has 2 nitrogen and oxygen atoms in total. The number of thiazole rings is 1. The first-order valence-electron chi connectivity index (χ1n) is 4.73. The first kappa shape index (κ1) is 11.2. The molecule has 1 unspecified atom stereocenters. The van der Waals surface area contributed by atoms with E-state index in [0.717, 1.165) is 10.9 Å². The van der Waals surface area contributed by atoms with E-state index in [-0.39, 0.29) is 6.04 Å². The van der Waals surface area contributed by atoms with Gasteiger partial charge < -0.3 is 5.32 Å². The zero-order valence-corrected chi connectivity index (χ0v) is 9.39. The summed E-state index contributed by atoms with van der Waals surface area (Å²) >= 11 is 1.43. The van der Waals surface area contributed by atoms with Gasteiger partial charge in [-0.25, -0.2) is 8.78 Å². The third-order valence-electron chi connectivity index (χ3n) is 2.30. The van der Waals surface area contributed by atoms with Crippen molar-refractivity contribution in [1.29, 1.82) is 0 Å². The summed E-state index contributed by atoms with van der Waals surface area (Å²) in [6.45, 7) is 0. The molecule has 0 aliphatic carbocycles. The van der Waals surface area contributed by atoms with Crippen LogP contribution in [-0.2, 0) is 0 Å². The largest absolute Gasteiger partial charge is 0.309 e. The van der Waals surface area contributed by atoms with Crippen LogP contribution in [0.1, 0.15) is 16.5 Å². The molecule has 0 aliphatic rings. The molecular weight excluding hydrogens is 230 g/mol. The predicted octanol–water partition coefficient (Wildman–Crippen LogP) is 2.73. The van der Waals surface area contributed by atoms with E-state index in [0.29, 0.717) is 5.56 Å². The zero-order chi connectivity index (χ0) is 11.5. The van der Waals surface area contributed by atoms with Gasteiger partial charge in [-0.15, -0.1) is 11.3 Å². The summed E-state index contributed by atoms with van der Waals surface area (Å²) in [5.74, 6) is -1.12. The SMILES string of the molecule is CNC(c1cncs1)c1ccc(F)cc1F. The van der Waals surface area contributed by atoms with Crippen LogP contribution < -0.4 is 5.32 Å². The Hall–Kier alpha value is -1.33. The maximum Gasteiger partial charge on any atom is 0.131 e. The first-order chi connectivity index (χ1) is 7.72. The lowest BCUT2D eigenvalue weighted by atomic mass is 10.1. The van der Waals surface area contributed by atoms with E-state index in [4.69, 9.17) is 0 Å². The third kappa shape index (κ3) is 2.10. The van der Waals surface area contributed by atoms with Gasteiger partial charge >= 0.3 is 0 Å². The molecule has 5 heteroatoms. The van der Waals surface area contributed by atoms with E-state index in [9.17, 15) is 8.78 Å². The smallest absolute Gasteiger partial charge is 0.131 e. The lowest BCUT2D eigenvalue weighted by Gasteiger charge is -2.15. The molecule has 0 saturated carbocycles. The molecule has 0 amide bonds. The molecule has 1 heterocycles. The topological polar surface area (TPSA) is 24.9 Å². The van der Waals surface area contributed by atoms with Crippen molar-refractivity contribution < 1.29 is 8.78 Å². The molecule has 1 aromatic heterocycles. The van der Waals surface area contributed by atoms with Crippen LogP contribution in [-0.4, -0.2) is 12.0 Å². The lowest BCUT2D eigenvalue weighted by molar-refractivity contribution is 0.553. The van der Waals surface area contributed by atoms with Gasteiger partial charge in [0.25, 0.3) is 0 Å². The molecule has 1 atom stereocenters. The van der Waals surface area contributed by atoms with Gasteiger partial charge in [-0.1, -0.05) is 6.07 Å². The fourth-order valence-electron chi connectivity index (χ4n) is 1.55. The average Bonchev–Trinajstić information content (AvgIpc) is 2.75. The third-order valence-corrected chi connectivity index (χ3v) is 3.14. The number of hydrogen-bond donors (Lipinski definition) is 1. The van der Waals surface area contributed by atoms with Crippen LogP contribution in [0.2, 0.25) is 0 Å². The summed E-state index contributed by atoms with van der Waals surface area (Å²) in [5.41, 5.74) is 2.11. The minimum Gasteiger partial charge on any atom is -0.309 e. The molecule has 16 heavy (non-hydrogen) atoms. The van der Waals surface area contributed by atoms with Crippen molar-refractivity contribution in [2.75, 3.05) is 7.05 Å². The summed E-state index contributed by atoms with van der Waals surface area (Å²) in [4.78, 5) is 4.84. The van der Waals surface area contributed by atoms with E-state index in [1.807, 2.05) is 0 Å². The number of hydrogen-bond acceptors (Lipinski definition) is 3. The first-order valence-corrected chi connectivity index (χ1v) is 5.61. The number of nitrogens with one attached hydrogen (secondary N) is 1. The Morgan fingerprint density at radius 2 is 2.19 bits per heavy atom. The van der Waals surface area contributed by atoms with E-state index in [1.54, 1.807) is 18.8 Å². The van der Waals surface area contributed by atoms with E-state index in [1.165, 1.54) is 23.5 Å². The molecule has 0 aliphatic heterocycles. The molecule has 0 radical (unpaired) electrons. The highest BCUT2D eigenvalue weighted by molar-refractivity contribution is 7.09. The summed E-state index contributed by atoms with van der Waals surface area (Å²) in [5, 5.41) is 2.99.